The van der Waals surface area contributed by atoms with Crippen molar-refractivity contribution >= 4 is 23.5 Å². The largest absolute Gasteiger partial charge is 0.456 e. The van der Waals surface area contributed by atoms with Crippen molar-refractivity contribution in [3.63, 3.8) is 0 Å². The van der Waals surface area contributed by atoms with E-state index in [0.29, 0.717) is 11.3 Å². The van der Waals surface area contributed by atoms with Crippen LogP contribution in [0, 0.1) is 0 Å². The fraction of sp³-hybridized carbons (Fsp3) is 0.265. The number of ether oxygens (including phenoxy) is 1. The molecule has 2 aliphatic heterocycles. The van der Waals surface area contributed by atoms with E-state index in [1.165, 1.54) is 0 Å². The maximum atomic E-state index is 14.2. The van der Waals surface area contributed by atoms with Gasteiger partial charge in [-0.15, -0.1) is 0 Å². The summed E-state index contributed by atoms with van der Waals surface area (Å²) in [6.45, 7) is 12.1. The van der Waals surface area contributed by atoms with Crippen LogP contribution in [0.2, 0.25) is 0 Å². The van der Waals surface area contributed by atoms with Gasteiger partial charge in [0.05, 0.1) is 11.9 Å². The minimum Gasteiger partial charge on any atom is -0.456 e. The third-order valence-corrected chi connectivity index (χ3v) is 8.24. The molecule has 7 heteroatoms. The van der Waals surface area contributed by atoms with Gasteiger partial charge in [0.15, 0.2) is 0 Å². The van der Waals surface area contributed by atoms with Gasteiger partial charge in [0.1, 0.15) is 17.0 Å². The molecule has 1 amide bonds. The van der Waals surface area contributed by atoms with E-state index in [0.717, 1.165) is 65.7 Å². The lowest BCUT2D eigenvalue weighted by molar-refractivity contribution is 0.0675. The van der Waals surface area contributed by atoms with Crippen LogP contribution in [-0.2, 0) is 5.54 Å². The highest BCUT2D eigenvalue weighted by Gasteiger charge is 2.57. The van der Waals surface area contributed by atoms with Crippen LogP contribution in [0.15, 0.2) is 90.2 Å². The van der Waals surface area contributed by atoms with Crippen molar-refractivity contribution in [1.82, 2.24) is 9.99 Å². The smallest absolute Gasteiger partial charge is 0.275 e. The lowest BCUT2D eigenvalue weighted by Gasteiger charge is -2.42. The highest BCUT2D eigenvalue weighted by atomic mass is 16.5. The molecule has 208 valence electrons. The molecule has 2 aliphatic rings. The number of hydrogen-bond acceptors (Lipinski definition) is 6. The first-order chi connectivity index (χ1) is 20.1. The first kappa shape index (κ1) is 26.6. The lowest BCUT2D eigenvalue weighted by Crippen LogP contribution is -2.44. The number of hydrogen-bond donors (Lipinski definition) is 0. The van der Waals surface area contributed by atoms with Crippen molar-refractivity contribution in [3.05, 3.63) is 113 Å². The van der Waals surface area contributed by atoms with E-state index in [-0.39, 0.29) is 5.91 Å². The molecule has 6 rings (SSSR count). The molecule has 0 atom stereocenters. The van der Waals surface area contributed by atoms with E-state index in [1.807, 2.05) is 42.5 Å². The molecular weight excluding hydrogens is 510 g/mol. The summed E-state index contributed by atoms with van der Waals surface area (Å²) in [5.74, 6) is 1.29. The molecule has 0 saturated carbocycles. The molecule has 0 saturated heterocycles. The third-order valence-electron chi connectivity index (χ3n) is 8.24. The summed E-state index contributed by atoms with van der Waals surface area (Å²) in [6.07, 6.45) is 3.38. The Morgan fingerprint density at radius 2 is 1.37 bits per heavy atom. The van der Waals surface area contributed by atoms with Gasteiger partial charge >= 0.3 is 0 Å². The number of aromatic nitrogens is 1. The van der Waals surface area contributed by atoms with Gasteiger partial charge in [-0.25, -0.2) is 5.01 Å². The van der Waals surface area contributed by atoms with Crippen molar-refractivity contribution < 1.29 is 9.53 Å². The second kappa shape index (κ2) is 10.7. The quantitative estimate of drug-likeness (QED) is 0.232. The summed E-state index contributed by atoms with van der Waals surface area (Å²) in [5.41, 5.74) is 5.10. The molecule has 4 aromatic rings. The maximum absolute atomic E-state index is 14.2. The first-order valence-corrected chi connectivity index (χ1v) is 14.4. The van der Waals surface area contributed by atoms with Crippen LogP contribution < -0.4 is 14.5 Å². The number of hydrazone groups is 1. The normalized spacial score (nSPS) is 14.5. The molecule has 0 N–H and O–H groups in total. The Bertz CT molecular complexity index is 1550. The van der Waals surface area contributed by atoms with Crippen molar-refractivity contribution in [1.29, 1.82) is 0 Å². The van der Waals surface area contributed by atoms with Gasteiger partial charge in [-0.05, 0) is 58.0 Å². The third kappa shape index (κ3) is 4.15. The average Bonchev–Trinajstić information content (AvgIpc) is 3.25. The Kier molecular flexibility index (Phi) is 6.95. The van der Waals surface area contributed by atoms with Crippen LogP contribution in [0.3, 0.4) is 0 Å². The van der Waals surface area contributed by atoms with Crippen molar-refractivity contribution in [3.8, 4) is 11.5 Å². The van der Waals surface area contributed by atoms with Crippen LogP contribution in [0.4, 0.5) is 11.4 Å². The highest BCUT2D eigenvalue weighted by molar-refractivity contribution is 6.02. The molecular formula is C34H35N5O2. The minimum absolute atomic E-state index is 0.160. The van der Waals surface area contributed by atoms with Crippen LogP contribution in [0.1, 0.15) is 60.4 Å². The van der Waals surface area contributed by atoms with Crippen molar-refractivity contribution in [2.75, 3.05) is 36.0 Å². The number of carbonyl (C=O) groups is 1. The van der Waals surface area contributed by atoms with Gasteiger partial charge in [-0.1, -0.05) is 36.4 Å². The van der Waals surface area contributed by atoms with E-state index >= 15 is 0 Å². The second-order valence-electron chi connectivity index (χ2n) is 10.2. The van der Waals surface area contributed by atoms with E-state index < -0.39 is 5.54 Å². The number of amides is 1. The van der Waals surface area contributed by atoms with Crippen LogP contribution in [0.5, 0.6) is 11.5 Å². The van der Waals surface area contributed by atoms with Crippen molar-refractivity contribution in [2.45, 2.75) is 33.2 Å². The van der Waals surface area contributed by atoms with Gasteiger partial charge in [0.2, 0.25) is 0 Å². The van der Waals surface area contributed by atoms with Gasteiger partial charge in [0.25, 0.3) is 5.91 Å². The van der Waals surface area contributed by atoms with Crippen LogP contribution >= 0.6 is 0 Å². The van der Waals surface area contributed by atoms with E-state index in [2.05, 4.69) is 78.9 Å². The first-order valence-electron chi connectivity index (χ1n) is 14.4. The molecule has 0 radical (unpaired) electrons. The molecule has 41 heavy (non-hydrogen) atoms. The van der Waals surface area contributed by atoms with Gasteiger partial charge in [-0.2, -0.15) is 5.10 Å². The number of carbonyl (C=O) groups excluding carboxylic acids is 1. The number of benzene rings is 3. The molecule has 1 aromatic heterocycles. The standard InChI is InChI=1S/C34H35N5O2/c1-5-37(6-2)25-16-18-29-31(21-25)41-32-22-26(38(7-3)8-4)17-19-30(32)34(29)28-15-10-9-14-27(28)33(40)39(34)36-23-24-13-11-12-20-35-24/h9-23H,5-8H2,1-4H3/b36-23+. The summed E-state index contributed by atoms with van der Waals surface area (Å²) >= 11 is 0. The van der Waals surface area contributed by atoms with E-state index in [4.69, 9.17) is 9.84 Å². The van der Waals surface area contributed by atoms with Gasteiger partial charge < -0.3 is 14.5 Å². The summed E-state index contributed by atoms with van der Waals surface area (Å²) in [7, 11) is 0. The monoisotopic (exact) mass is 545 g/mol. The number of anilines is 2. The zero-order chi connectivity index (χ0) is 28.6. The summed E-state index contributed by atoms with van der Waals surface area (Å²) in [5, 5.41) is 6.49. The summed E-state index contributed by atoms with van der Waals surface area (Å²) in [6, 6.07) is 26.1. The number of nitrogens with zero attached hydrogens (tertiary/aromatic N) is 5. The Balaban J connectivity index is 1.64. The Labute approximate surface area is 241 Å². The number of fused-ring (bicyclic) bond motifs is 6. The molecule has 0 fully saturated rings. The molecule has 7 nitrogen and oxygen atoms in total. The molecule has 0 bridgehead atoms. The SMILES string of the molecule is CCN(CC)c1ccc2c(c1)Oc1cc(N(CC)CC)ccc1C21c2ccccc2C(=O)N1/N=C/c1ccccn1. The maximum Gasteiger partial charge on any atom is 0.275 e. The summed E-state index contributed by atoms with van der Waals surface area (Å²) < 4.78 is 6.73. The second-order valence-corrected chi connectivity index (χ2v) is 10.2. The topological polar surface area (TPSA) is 61.3 Å². The minimum atomic E-state index is -1.01. The lowest BCUT2D eigenvalue weighted by atomic mass is 9.75. The fourth-order valence-electron chi connectivity index (χ4n) is 6.22. The van der Waals surface area contributed by atoms with Crippen LogP contribution in [0.25, 0.3) is 0 Å². The van der Waals surface area contributed by atoms with Gasteiger partial charge in [0, 0.05) is 78.1 Å². The molecule has 3 heterocycles. The molecule has 3 aromatic carbocycles. The zero-order valence-corrected chi connectivity index (χ0v) is 24.0. The number of rotatable bonds is 8. The predicted octanol–water partition coefficient (Wildman–Crippen LogP) is 6.66. The zero-order valence-electron chi connectivity index (χ0n) is 24.0. The van der Waals surface area contributed by atoms with E-state index in [1.54, 1.807) is 17.4 Å². The highest BCUT2D eigenvalue weighted by Crippen LogP contribution is 2.58. The Morgan fingerprint density at radius 1 is 0.780 bits per heavy atom. The molecule has 0 aliphatic carbocycles. The van der Waals surface area contributed by atoms with Crippen LogP contribution in [-0.4, -0.2) is 48.3 Å². The Morgan fingerprint density at radius 3 is 1.93 bits per heavy atom. The summed E-state index contributed by atoms with van der Waals surface area (Å²) in [4.78, 5) is 23.2. The molecule has 1 spiro atoms. The predicted molar refractivity (Wildman–Crippen MR) is 164 cm³/mol. The van der Waals surface area contributed by atoms with Gasteiger partial charge in [-0.3, -0.25) is 9.78 Å². The average molecular weight is 546 g/mol. The fourth-order valence-corrected chi connectivity index (χ4v) is 6.22. The Hall–Kier alpha value is -4.65. The number of pyridine rings is 1. The van der Waals surface area contributed by atoms with E-state index in [9.17, 15) is 4.79 Å². The van der Waals surface area contributed by atoms with Crippen molar-refractivity contribution in [2.24, 2.45) is 5.10 Å². The molecule has 0 unspecified atom stereocenters.